The van der Waals surface area contributed by atoms with E-state index in [0.29, 0.717) is 33.3 Å². The molecule has 11 rings (SSSR count). The molecule has 0 saturated heterocycles. The van der Waals surface area contributed by atoms with Gasteiger partial charge in [-0.1, -0.05) is 97.1 Å². The predicted molar refractivity (Wildman–Crippen MR) is 237 cm³/mol. The highest BCUT2D eigenvalue weighted by molar-refractivity contribution is 7.88. The zero-order valence-electron chi connectivity index (χ0n) is 31.2. The molecule has 0 bridgehead atoms. The molecule has 292 valence electrons. The van der Waals surface area contributed by atoms with Crippen LogP contribution >= 0.6 is 11.3 Å². The fourth-order valence-electron chi connectivity index (χ4n) is 8.30. The van der Waals surface area contributed by atoms with E-state index < -0.39 is 21.4 Å². The largest absolute Gasteiger partial charge is 0.534 e. The van der Waals surface area contributed by atoms with Crippen molar-refractivity contribution in [3.8, 4) is 22.6 Å². The van der Waals surface area contributed by atoms with E-state index in [4.69, 9.17) is 8.60 Å². The molecule has 0 fully saturated rings. The van der Waals surface area contributed by atoms with Crippen molar-refractivity contribution in [3.05, 3.63) is 176 Å². The number of hydrogen-bond donors (Lipinski definition) is 0. The summed E-state index contributed by atoms with van der Waals surface area (Å²) >= 11 is 1.78. The Hall–Kier alpha value is -7.08. The van der Waals surface area contributed by atoms with Crippen LogP contribution in [0.2, 0.25) is 0 Å². The van der Waals surface area contributed by atoms with Gasteiger partial charge in [-0.25, -0.2) is 0 Å². The summed E-state index contributed by atoms with van der Waals surface area (Å²) in [5.41, 5.74) is 1.72. The quantitative estimate of drug-likeness (QED) is 0.118. The van der Waals surface area contributed by atoms with Gasteiger partial charge >= 0.3 is 15.6 Å². The van der Waals surface area contributed by atoms with Gasteiger partial charge in [-0.15, -0.1) is 11.3 Å². The number of hydrogen-bond acceptors (Lipinski definition) is 6. The van der Waals surface area contributed by atoms with Crippen molar-refractivity contribution in [1.29, 1.82) is 0 Å². The lowest BCUT2D eigenvalue weighted by Crippen LogP contribution is -2.28. The van der Waals surface area contributed by atoms with Crippen LogP contribution in [-0.4, -0.2) is 18.5 Å². The third-order valence-electron chi connectivity index (χ3n) is 10.9. The summed E-state index contributed by atoms with van der Waals surface area (Å²) in [5, 5.41) is 5.52. The summed E-state index contributed by atoms with van der Waals surface area (Å²) in [4.78, 5) is 1.79. The maximum Gasteiger partial charge on any atom is 0.534 e. The van der Waals surface area contributed by atoms with Crippen molar-refractivity contribution in [2.75, 3.05) is 4.90 Å². The Bertz CT molecular complexity index is 3560. The molecule has 8 aromatic carbocycles. The lowest BCUT2D eigenvalue weighted by atomic mass is 10.0. The minimum Gasteiger partial charge on any atom is -0.454 e. The van der Waals surface area contributed by atoms with Gasteiger partial charge in [-0.2, -0.15) is 21.6 Å². The van der Waals surface area contributed by atoms with Crippen LogP contribution in [0.3, 0.4) is 0 Å². The van der Waals surface area contributed by atoms with Crippen molar-refractivity contribution in [2.24, 2.45) is 0 Å². The van der Waals surface area contributed by atoms with Crippen LogP contribution in [0, 0.1) is 0 Å². The Morgan fingerprint density at radius 2 is 1.18 bits per heavy atom. The first kappa shape index (κ1) is 36.0. The second-order valence-electron chi connectivity index (χ2n) is 14.5. The fraction of sp³-hybridized carbons (Fsp3) is 0.0204. The SMILES string of the molecule is O=S(=O)(Oc1cc(N(c2ccccc2)c2ccccc2)c2oc3ccc(-c4ccc5c(c4)c4ccccc4n5-c4cccc5c4sc4ccccc45)cc3c2c1)C(F)(F)F. The van der Waals surface area contributed by atoms with E-state index in [1.807, 2.05) is 91.0 Å². The second kappa shape index (κ2) is 13.5. The average Bonchev–Trinajstić information content (AvgIpc) is 3.93. The smallest absolute Gasteiger partial charge is 0.454 e. The van der Waals surface area contributed by atoms with Crippen molar-refractivity contribution in [2.45, 2.75) is 5.51 Å². The Balaban J connectivity index is 1.11. The minimum atomic E-state index is -6.01. The van der Waals surface area contributed by atoms with Crippen LogP contribution < -0.4 is 9.08 Å². The number of halogens is 3. The maximum atomic E-state index is 13.7. The molecule has 3 heterocycles. The molecule has 0 aliphatic heterocycles. The first-order valence-electron chi connectivity index (χ1n) is 19.0. The Kier molecular flexibility index (Phi) is 8.10. The van der Waals surface area contributed by atoms with Gasteiger partial charge in [-0.3, -0.25) is 0 Å². The number of rotatable bonds is 7. The second-order valence-corrected chi connectivity index (χ2v) is 17.0. The predicted octanol–water partition coefficient (Wildman–Crippen LogP) is 14.4. The number of anilines is 3. The van der Waals surface area contributed by atoms with Crippen molar-refractivity contribution < 1.29 is 30.2 Å². The molecule has 0 amide bonds. The average molecular weight is 831 g/mol. The molecule has 3 aromatic heterocycles. The summed E-state index contributed by atoms with van der Waals surface area (Å²) in [5.74, 6) is -0.511. The number of thiophene rings is 1. The third-order valence-corrected chi connectivity index (χ3v) is 13.1. The van der Waals surface area contributed by atoms with Gasteiger partial charge in [0.15, 0.2) is 5.58 Å². The minimum absolute atomic E-state index is 0.290. The molecule has 0 radical (unpaired) electrons. The Morgan fingerprint density at radius 1 is 0.567 bits per heavy atom. The number of nitrogens with zero attached hydrogens (tertiary/aromatic N) is 2. The van der Waals surface area contributed by atoms with E-state index in [-0.39, 0.29) is 5.69 Å². The first-order valence-corrected chi connectivity index (χ1v) is 21.2. The molecule has 0 aliphatic carbocycles. The molecular weight excluding hydrogens is 802 g/mol. The normalized spacial score (nSPS) is 12.4. The molecule has 0 aliphatic rings. The molecule has 6 nitrogen and oxygen atoms in total. The summed E-state index contributed by atoms with van der Waals surface area (Å²) in [6.45, 7) is 0. The highest BCUT2D eigenvalue weighted by Crippen LogP contribution is 2.47. The number of para-hydroxylation sites is 3. The zero-order valence-corrected chi connectivity index (χ0v) is 32.9. The number of benzene rings is 8. The Labute approximate surface area is 344 Å². The van der Waals surface area contributed by atoms with Gasteiger partial charge in [0, 0.05) is 54.5 Å². The molecule has 0 atom stereocenters. The van der Waals surface area contributed by atoms with Crippen molar-refractivity contribution in [1.82, 2.24) is 4.57 Å². The van der Waals surface area contributed by atoms with Crippen LogP contribution in [0.4, 0.5) is 30.2 Å². The zero-order chi connectivity index (χ0) is 40.8. The highest BCUT2D eigenvalue weighted by atomic mass is 32.2. The van der Waals surface area contributed by atoms with E-state index in [1.54, 1.807) is 16.2 Å². The molecule has 60 heavy (non-hydrogen) atoms. The van der Waals surface area contributed by atoms with Gasteiger partial charge in [0.25, 0.3) is 0 Å². The van der Waals surface area contributed by atoms with E-state index in [9.17, 15) is 21.6 Å². The van der Waals surface area contributed by atoms with Crippen LogP contribution in [0.25, 0.3) is 80.7 Å². The van der Waals surface area contributed by atoms with E-state index in [1.165, 1.54) is 32.3 Å². The third kappa shape index (κ3) is 5.72. The van der Waals surface area contributed by atoms with Gasteiger partial charge in [0.05, 0.1) is 27.1 Å². The molecule has 11 aromatic rings. The molecular formula is C49H29F3N2O4S2. The van der Waals surface area contributed by atoms with Crippen molar-refractivity contribution >= 4 is 102 Å². The van der Waals surface area contributed by atoms with Crippen LogP contribution in [0.15, 0.2) is 180 Å². The summed E-state index contributed by atoms with van der Waals surface area (Å²) in [6, 6.07) is 56.2. The molecule has 0 N–H and O–H groups in total. The standard InChI is InChI=1S/C49H29F3N2O4S2/c50-49(51,52)60(55,56)58-34-28-40-39-27-31(23-25-45(39)57-47(40)44(29-34)53(32-12-3-1-4-13-32)33-14-5-2-6-15-33)30-22-24-42-38(26-30)35-16-7-9-19-41(35)54(42)43-20-11-18-37-36-17-8-10-21-46(36)59-48(37)43/h1-29H. The fourth-order valence-corrected chi connectivity index (χ4v) is 9.95. The number of fused-ring (bicyclic) bond motifs is 9. The van der Waals surface area contributed by atoms with Gasteiger partial charge in [0.2, 0.25) is 0 Å². The van der Waals surface area contributed by atoms with Gasteiger partial charge in [-0.05, 0) is 83.9 Å². The number of furan rings is 1. The van der Waals surface area contributed by atoms with Crippen LogP contribution in [0.1, 0.15) is 0 Å². The lowest BCUT2D eigenvalue weighted by Gasteiger charge is -2.26. The van der Waals surface area contributed by atoms with E-state index >= 15 is 0 Å². The number of aromatic nitrogens is 1. The number of alkyl halides is 3. The summed E-state index contributed by atoms with van der Waals surface area (Å²) in [6.07, 6.45) is 0. The van der Waals surface area contributed by atoms with E-state index in [2.05, 4.69) is 77.4 Å². The van der Waals surface area contributed by atoms with Crippen LogP contribution in [-0.2, 0) is 10.1 Å². The van der Waals surface area contributed by atoms with E-state index in [0.717, 1.165) is 38.6 Å². The molecule has 11 heteroatoms. The Morgan fingerprint density at radius 3 is 1.92 bits per heavy atom. The molecule has 0 spiro atoms. The highest BCUT2D eigenvalue weighted by Gasteiger charge is 2.48. The topological polar surface area (TPSA) is 64.7 Å². The van der Waals surface area contributed by atoms with Gasteiger partial charge in [0.1, 0.15) is 11.3 Å². The van der Waals surface area contributed by atoms with Crippen LogP contribution in [0.5, 0.6) is 5.75 Å². The first-order chi connectivity index (χ1) is 29.1. The summed E-state index contributed by atoms with van der Waals surface area (Å²) in [7, 11) is -6.01. The molecule has 0 saturated carbocycles. The van der Waals surface area contributed by atoms with Gasteiger partial charge < -0.3 is 18.1 Å². The molecule has 0 unspecified atom stereocenters. The summed E-state index contributed by atoms with van der Waals surface area (Å²) < 4.78 is 82.1. The van der Waals surface area contributed by atoms with Crippen molar-refractivity contribution in [3.63, 3.8) is 0 Å². The lowest BCUT2D eigenvalue weighted by molar-refractivity contribution is -0.0500. The monoisotopic (exact) mass is 830 g/mol. The maximum absolute atomic E-state index is 13.7.